The van der Waals surface area contributed by atoms with E-state index in [9.17, 15) is 14.7 Å². The largest absolute Gasteiger partial charge is 0.507 e. The van der Waals surface area contributed by atoms with Gasteiger partial charge in [0.15, 0.2) is 0 Å². The van der Waals surface area contributed by atoms with Gasteiger partial charge in [-0.25, -0.2) is 0 Å². The van der Waals surface area contributed by atoms with E-state index in [1.165, 1.54) is 4.90 Å². The van der Waals surface area contributed by atoms with Gasteiger partial charge in [-0.15, -0.1) is 0 Å². The van der Waals surface area contributed by atoms with E-state index in [1.807, 2.05) is 37.3 Å². The molecule has 3 aromatic rings. The number of hydrogen-bond acceptors (Lipinski definition) is 6. The second kappa shape index (κ2) is 13.1. The number of likely N-dealkylation sites (tertiary alicyclic amines) is 1. The van der Waals surface area contributed by atoms with Gasteiger partial charge in [0.05, 0.1) is 34.9 Å². The zero-order valence-corrected chi connectivity index (χ0v) is 24.3. The van der Waals surface area contributed by atoms with Gasteiger partial charge in [-0.05, 0) is 60.4 Å². The number of aliphatic hydroxyl groups excluding tert-OH is 1. The van der Waals surface area contributed by atoms with Crippen LogP contribution in [0.1, 0.15) is 34.7 Å². The number of rotatable bonds is 9. The van der Waals surface area contributed by atoms with Gasteiger partial charge in [0, 0.05) is 31.7 Å². The van der Waals surface area contributed by atoms with Crippen molar-refractivity contribution in [2.75, 3.05) is 39.4 Å². The molecule has 1 amide bonds. The lowest BCUT2D eigenvalue weighted by Crippen LogP contribution is -2.38. The van der Waals surface area contributed by atoms with Crippen LogP contribution in [0.5, 0.6) is 5.75 Å². The molecular weight excluding hydrogens is 563 g/mol. The number of morpholine rings is 1. The SMILES string of the molecule is Cc1cc(C(O)=C2C(=O)C(=O)N(CCCN3CCOCC3)C2c2ccc(Cl)c(Cl)c2)ccc1OCc1ccccc1. The molecule has 0 radical (unpaired) electrons. The van der Waals surface area contributed by atoms with Crippen molar-refractivity contribution in [2.24, 2.45) is 0 Å². The highest BCUT2D eigenvalue weighted by Gasteiger charge is 2.46. The van der Waals surface area contributed by atoms with Gasteiger partial charge in [-0.1, -0.05) is 59.6 Å². The number of halogens is 2. The summed E-state index contributed by atoms with van der Waals surface area (Å²) in [6.45, 7) is 6.42. The highest BCUT2D eigenvalue weighted by atomic mass is 35.5. The molecule has 2 fully saturated rings. The molecule has 2 aliphatic rings. The Labute approximate surface area is 249 Å². The summed E-state index contributed by atoms with van der Waals surface area (Å²) in [7, 11) is 0. The summed E-state index contributed by atoms with van der Waals surface area (Å²) < 4.78 is 11.4. The predicted octanol–water partition coefficient (Wildman–Crippen LogP) is 6.02. The lowest BCUT2D eigenvalue weighted by molar-refractivity contribution is -0.140. The minimum absolute atomic E-state index is 0.0251. The van der Waals surface area contributed by atoms with E-state index >= 15 is 0 Å². The summed E-state index contributed by atoms with van der Waals surface area (Å²) >= 11 is 12.5. The van der Waals surface area contributed by atoms with Crippen LogP contribution in [-0.2, 0) is 20.9 Å². The zero-order chi connectivity index (χ0) is 28.9. The van der Waals surface area contributed by atoms with E-state index in [4.69, 9.17) is 32.7 Å². The molecular formula is C32H32Cl2N2O5. The highest BCUT2D eigenvalue weighted by molar-refractivity contribution is 6.46. The number of benzene rings is 3. The van der Waals surface area contributed by atoms with E-state index in [2.05, 4.69) is 4.90 Å². The van der Waals surface area contributed by atoms with Crippen molar-refractivity contribution in [1.29, 1.82) is 0 Å². The Morgan fingerprint density at radius 2 is 1.73 bits per heavy atom. The first-order valence-electron chi connectivity index (χ1n) is 13.6. The molecule has 214 valence electrons. The van der Waals surface area contributed by atoms with Crippen LogP contribution < -0.4 is 4.74 Å². The molecule has 2 aliphatic heterocycles. The maximum Gasteiger partial charge on any atom is 0.295 e. The summed E-state index contributed by atoms with van der Waals surface area (Å²) in [4.78, 5) is 30.6. The summed E-state index contributed by atoms with van der Waals surface area (Å²) in [5.41, 5.74) is 2.87. The number of ether oxygens (including phenoxy) is 2. The highest BCUT2D eigenvalue weighted by Crippen LogP contribution is 2.41. The molecule has 9 heteroatoms. The van der Waals surface area contributed by atoms with Crippen molar-refractivity contribution in [3.05, 3.63) is 105 Å². The van der Waals surface area contributed by atoms with E-state index in [0.717, 1.165) is 30.8 Å². The van der Waals surface area contributed by atoms with Crippen molar-refractivity contribution < 1.29 is 24.2 Å². The number of nitrogens with zero attached hydrogens (tertiary/aromatic N) is 2. The Hall–Kier alpha value is -3.36. The smallest absolute Gasteiger partial charge is 0.295 e. The number of Topliss-reactive ketones (excluding diaryl/α,β-unsaturated/α-hetero) is 1. The second-order valence-corrected chi connectivity index (χ2v) is 11.0. The molecule has 1 atom stereocenters. The summed E-state index contributed by atoms with van der Waals surface area (Å²) in [5.74, 6) is -0.959. The summed E-state index contributed by atoms with van der Waals surface area (Å²) in [6.07, 6.45) is 0.664. The Morgan fingerprint density at radius 1 is 0.976 bits per heavy atom. The maximum absolute atomic E-state index is 13.4. The molecule has 1 N–H and O–H groups in total. The van der Waals surface area contributed by atoms with Gasteiger partial charge in [-0.3, -0.25) is 14.5 Å². The van der Waals surface area contributed by atoms with Gasteiger partial charge in [0.25, 0.3) is 11.7 Å². The molecule has 1 unspecified atom stereocenters. The van der Waals surface area contributed by atoms with Gasteiger partial charge in [0.2, 0.25) is 0 Å². The van der Waals surface area contributed by atoms with E-state index < -0.39 is 17.7 Å². The minimum Gasteiger partial charge on any atom is -0.507 e. The number of carbonyl (C=O) groups excluding carboxylic acids is 2. The first-order chi connectivity index (χ1) is 19.8. The Kier molecular flexibility index (Phi) is 9.30. The number of aryl methyl sites for hydroxylation is 1. The molecule has 3 aromatic carbocycles. The third kappa shape index (κ3) is 6.60. The van der Waals surface area contributed by atoms with Gasteiger partial charge >= 0.3 is 0 Å². The Bertz CT molecular complexity index is 1450. The Balaban J connectivity index is 1.44. The zero-order valence-electron chi connectivity index (χ0n) is 22.8. The van der Waals surface area contributed by atoms with Gasteiger partial charge in [0.1, 0.15) is 18.1 Å². The third-order valence-corrected chi connectivity index (χ3v) is 8.20. The first kappa shape index (κ1) is 29.1. The average Bonchev–Trinajstić information content (AvgIpc) is 3.23. The lowest BCUT2D eigenvalue weighted by Gasteiger charge is -2.29. The van der Waals surface area contributed by atoms with Crippen molar-refractivity contribution >= 4 is 40.7 Å². The van der Waals surface area contributed by atoms with Crippen LogP contribution in [0, 0.1) is 6.92 Å². The number of amides is 1. The van der Waals surface area contributed by atoms with Crippen LogP contribution in [0.4, 0.5) is 0 Å². The van der Waals surface area contributed by atoms with Crippen LogP contribution in [0.25, 0.3) is 5.76 Å². The number of hydrogen-bond donors (Lipinski definition) is 1. The number of aliphatic hydroxyl groups is 1. The number of ketones is 1. The molecule has 0 bridgehead atoms. The summed E-state index contributed by atoms with van der Waals surface area (Å²) in [6, 6.07) is 19.3. The van der Waals surface area contributed by atoms with Gasteiger partial charge in [-0.2, -0.15) is 0 Å². The van der Waals surface area contributed by atoms with Gasteiger partial charge < -0.3 is 19.5 Å². The fraction of sp³-hybridized carbons (Fsp3) is 0.312. The molecule has 0 spiro atoms. The minimum atomic E-state index is -0.802. The average molecular weight is 596 g/mol. The normalized spacial score (nSPS) is 19.1. The predicted molar refractivity (Wildman–Crippen MR) is 159 cm³/mol. The first-order valence-corrected chi connectivity index (χ1v) is 14.4. The monoisotopic (exact) mass is 594 g/mol. The van der Waals surface area contributed by atoms with Crippen molar-refractivity contribution in [2.45, 2.75) is 26.0 Å². The van der Waals surface area contributed by atoms with Crippen LogP contribution in [0.2, 0.25) is 10.0 Å². The standard InChI is InChI=1S/C32H32Cl2N2O5/c1-21-18-24(9-11-27(21)41-20-22-6-3-2-4-7-22)30(37)28-29(23-8-10-25(33)26(34)19-23)36(32(39)31(28)38)13-5-12-35-14-16-40-17-15-35/h2-4,6-11,18-19,29,37H,5,12-17,20H2,1H3. The molecule has 5 rings (SSSR count). The quantitative estimate of drug-likeness (QED) is 0.185. The Morgan fingerprint density at radius 3 is 2.44 bits per heavy atom. The van der Waals surface area contributed by atoms with Crippen molar-refractivity contribution in [1.82, 2.24) is 9.80 Å². The van der Waals surface area contributed by atoms with E-state index in [0.29, 0.717) is 59.7 Å². The molecule has 2 heterocycles. The fourth-order valence-corrected chi connectivity index (χ4v) is 5.59. The molecule has 0 aliphatic carbocycles. The van der Waals surface area contributed by atoms with Crippen LogP contribution in [0.3, 0.4) is 0 Å². The molecule has 41 heavy (non-hydrogen) atoms. The molecule has 0 aromatic heterocycles. The van der Waals surface area contributed by atoms with Crippen LogP contribution >= 0.6 is 23.2 Å². The van der Waals surface area contributed by atoms with Crippen molar-refractivity contribution in [3.63, 3.8) is 0 Å². The number of carbonyl (C=O) groups is 2. The fourth-order valence-electron chi connectivity index (χ4n) is 5.28. The van der Waals surface area contributed by atoms with Crippen LogP contribution in [0.15, 0.2) is 72.3 Å². The van der Waals surface area contributed by atoms with E-state index in [-0.39, 0.29) is 11.3 Å². The maximum atomic E-state index is 13.4. The topological polar surface area (TPSA) is 79.3 Å². The molecule has 0 saturated carbocycles. The van der Waals surface area contributed by atoms with Crippen LogP contribution in [-0.4, -0.2) is 66.0 Å². The van der Waals surface area contributed by atoms with Crippen molar-refractivity contribution in [3.8, 4) is 5.75 Å². The van der Waals surface area contributed by atoms with E-state index in [1.54, 1.807) is 36.4 Å². The lowest BCUT2D eigenvalue weighted by atomic mass is 9.94. The summed E-state index contributed by atoms with van der Waals surface area (Å²) in [5, 5.41) is 12.2. The second-order valence-electron chi connectivity index (χ2n) is 10.2. The molecule has 2 saturated heterocycles. The third-order valence-electron chi connectivity index (χ3n) is 7.46. The molecule has 7 nitrogen and oxygen atoms in total.